The molecule has 0 saturated carbocycles. The van der Waals surface area contributed by atoms with Crippen LogP contribution in [0.1, 0.15) is 18.4 Å². The predicted molar refractivity (Wildman–Crippen MR) is 102 cm³/mol. The molecule has 3 rings (SSSR count). The van der Waals surface area contributed by atoms with Crippen molar-refractivity contribution in [2.75, 3.05) is 25.1 Å². The van der Waals surface area contributed by atoms with Crippen molar-refractivity contribution in [3.63, 3.8) is 0 Å². The first-order chi connectivity index (χ1) is 11.1. The third kappa shape index (κ3) is 7.13. The van der Waals surface area contributed by atoms with Crippen molar-refractivity contribution < 1.29 is 4.79 Å². The Kier molecular flexibility index (Phi) is 9.08. The Bertz CT molecular complexity index is 582. The van der Waals surface area contributed by atoms with Gasteiger partial charge in [0.25, 0.3) is 0 Å². The van der Waals surface area contributed by atoms with E-state index in [0.717, 1.165) is 38.2 Å². The van der Waals surface area contributed by atoms with Crippen molar-refractivity contribution >= 4 is 23.9 Å². The molecule has 2 N–H and O–H groups in total. The minimum Gasteiger partial charge on any atom is -0.307 e. The lowest BCUT2D eigenvalue weighted by Gasteiger charge is -2.19. The summed E-state index contributed by atoms with van der Waals surface area (Å²) in [5.41, 5.74) is 2.24. The molecule has 1 fully saturated rings. The Morgan fingerprint density at radius 1 is 0.958 bits per heavy atom. The number of piperidine rings is 1. The molecule has 2 aromatic rings. The van der Waals surface area contributed by atoms with Crippen molar-refractivity contribution in [2.24, 2.45) is 5.84 Å². The van der Waals surface area contributed by atoms with Crippen LogP contribution in [0, 0.1) is 0 Å². The summed E-state index contributed by atoms with van der Waals surface area (Å²) < 4.78 is 0. The van der Waals surface area contributed by atoms with Gasteiger partial charge in [-0.05, 0) is 24.7 Å². The van der Waals surface area contributed by atoms with Gasteiger partial charge in [0.1, 0.15) is 5.78 Å². The van der Waals surface area contributed by atoms with Gasteiger partial charge in [-0.3, -0.25) is 4.79 Å². The average Bonchev–Trinajstić information content (AvgIpc) is 2.60. The minimum atomic E-state index is 0. The number of hydrogen-bond donors (Lipinski definition) is 1. The molecule has 0 amide bonds. The van der Waals surface area contributed by atoms with Crippen LogP contribution in [0.15, 0.2) is 60.7 Å². The van der Waals surface area contributed by atoms with E-state index in [2.05, 4.69) is 17.0 Å². The summed E-state index contributed by atoms with van der Waals surface area (Å²) in [5.74, 6) is 6.38. The Morgan fingerprint density at radius 3 is 1.96 bits per heavy atom. The average molecular weight is 348 g/mol. The summed E-state index contributed by atoms with van der Waals surface area (Å²) in [5, 5.41) is 1.75. The number of anilines is 1. The Labute approximate surface area is 150 Å². The third-order valence-corrected chi connectivity index (χ3v) is 3.83. The van der Waals surface area contributed by atoms with Crippen LogP contribution < -0.4 is 10.9 Å². The summed E-state index contributed by atoms with van der Waals surface area (Å²) in [6.45, 7) is 2.64. The third-order valence-electron chi connectivity index (χ3n) is 3.83. The number of hydrogen-bond acceptors (Lipinski definition) is 4. The second-order valence-corrected chi connectivity index (χ2v) is 5.79. The fourth-order valence-electron chi connectivity index (χ4n) is 2.36. The Hall–Kier alpha value is -1.88. The van der Waals surface area contributed by atoms with Gasteiger partial charge in [-0.1, -0.05) is 48.5 Å². The Balaban J connectivity index is 0.000000273. The van der Waals surface area contributed by atoms with Crippen molar-refractivity contribution in [1.82, 2.24) is 4.90 Å². The van der Waals surface area contributed by atoms with Gasteiger partial charge in [0.15, 0.2) is 0 Å². The van der Waals surface area contributed by atoms with Crippen molar-refractivity contribution in [1.29, 1.82) is 0 Å². The van der Waals surface area contributed by atoms with Crippen LogP contribution in [0.2, 0.25) is 0 Å². The molecule has 0 unspecified atom stereocenters. The molecule has 4 nitrogen and oxygen atoms in total. The first-order valence-electron chi connectivity index (χ1n) is 7.96. The van der Waals surface area contributed by atoms with Gasteiger partial charge < -0.3 is 9.91 Å². The predicted octanol–water partition coefficient (Wildman–Crippen LogP) is 3.27. The number of hydrazine groups is 1. The summed E-state index contributed by atoms with van der Waals surface area (Å²) >= 11 is 0. The molecular formula is C19H26ClN3O. The quantitative estimate of drug-likeness (QED) is 0.684. The number of ketones is 1. The van der Waals surface area contributed by atoms with Crippen LogP contribution in [0.25, 0.3) is 0 Å². The minimum absolute atomic E-state index is 0. The number of likely N-dealkylation sites (tertiary alicyclic amines) is 1. The van der Waals surface area contributed by atoms with Crippen LogP contribution in [0.5, 0.6) is 0 Å². The molecule has 1 saturated heterocycles. The van der Waals surface area contributed by atoms with Crippen molar-refractivity contribution in [3.05, 3.63) is 66.2 Å². The van der Waals surface area contributed by atoms with E-state index in [9.17, 15) is 4.79 Å². The van der Waals surface area contributed by atoms with E-state index in [4.69, 9.17) is 5.84 Å². The molecule has 0 bridgehead atoms. The normalized spacial score (nSPS) is 14.2. The van der Waals surface area contributed by atoms with Crippen LogP contribution in [-0.4, -0.2) is 30.8 Å². The molecule has 24 heavy (non-hydrogen) atoms. The molecule has 1 aliphatic heterocycles. The highest BCUT2D eigenvalue weighted by Crippen LogP contribution is 2.12. The number of carbonyl (C=O) groups excluding carboxylic acids is 1. The van der Waals surface area contributed by atoms with Crippen molar-refractivity contribution in [3.8, 4) is 0 Å². The lowest BCUT2D eigenvalue weighted by molar-refractivity contribution is -0.121. The number of carbonyl (C=O) groups is 1. The van der Waals surface area contributed by atoms with Gasteiger partial charge >= 0.3 is 0 Å². The number of rotatable bonds is 3. The van der Waals surface area contributed by atoms with Gasteiger partial charge in [0.2, 0.25) is 0 Å². The maximum absolute atomic E-state index is 10.6. The zero-order chi connectivity index (χ0) is 16.5. The van der Waals surface area contributed by atoms with E-state index in [1.807, 2.05) is 55.6 Å². The summed E-state index contributed by atoms with van der Waals surface area (Å²) in [6, 6.07) is 20.2. The van der Waals surface area contributed by atoms with E-state index in [1.54, 1.807) is 5.01 Å². The van der Waals surface area contributed by atoms with E-state index in [1.165, 1.54) is 5.56 Å². The van der Waals surface area contributed by atoms with Gasteiger partial charge in [0.05, 0.1) is 12.2 Å². The molecule has 0 aromatic heterocycles. The SMILES string of the molecule is CN1CCC(=O)CC1.Cl.NN(Cc1ccccc1)c1ccccc1. The number of nitrogens with zero attached hydrogens (tertiary/aromatic N) is 2. The molecule has 1 aliphatic rings. The monoisotopic (exact) mass is 347 g/mol. The fraction of sp³-hybridized carbons (Fsp3) is 0.316. The van der Waals surface area contributed by atoms with Crippen LogP contribution in [0.4, 0.5) is 5.69 Å². The first-order valence-corrected chi connectivity index (χ1v) is 7.96. The molecule has 0 radical (unpaired) electrons. The molecule has 0 aliphatic carbocycles. The van der Waals surface area contributed by atoms with Gasteiger partial charge in [-0.25, -0.2) is 5.84 Å². The number of para-hydroxylation sites is 1. The smallest absolute Gasteiger partial charge is 0.135 e. The molecule has 130 valence electrons. The van der Waals surface area contributed by atoms with E-state index < -0.39 is 0 Å². The van der Waals surface area contributed by atoms with Gasteiger partial charge in [-0.15, -0.1) is 12.4 Å². The van der Waals surface area contributed by atoms with Crippen LogP contribution in [0.3, 0.4) is 0 Å². The first kappa shape index (κ1) is 20.2. The van der Waals surface area contributed by atoms with Gasteiger partial charge in [0, 0.05) is 25.9 Å². The maximum atomic E-state index is 10.6. The van der Waals surface area contributed by atoms with Gasteiger partial charge in [-0.2, -0.15) is 0 Å². The van der Waals surface area contributed by atoms with Crippen molar-refractivity contribution in [2.45, 2.75) is 19.4 Å². The summed E-state index contributed by atoms with van der Waals surface area (Å²) in [7, 11) is 2.05. The van der Waals surface area contributed by atoms with E-state index >= 15 is 0 Å². The summed E-state index contributed by atoms with van der Waals surface area (Å²) in [4.78, 5) is 12.8. The number of benzene rings is 2. The topological polar surface area (TPSA) is 49.6 Å². The lowest BCUT2D eigenvalue weighted by atomic mass is 10.1. The van der Waals surface area contributed by atoms with E-state index in [0.29, 0.717) is 5.78 Å². The summed E-state index contributed by atoms with van der Waals surface area (Å²) in [6.07, 6.45) is 1.52. The molecule has 0 spiro atoms. The van der Waals surface area contributed by atoms with Crippen LogP contribution >= 0.6 is 12.4 Å². The fourth-order valence-corrected chi connectivity index (χ4v) is 2.36. The zero-order valence-corrected chi connectivity index (χ0v) is 14.9. The number of nitrogens with two attached hydrogens (primary N) is 1. The van der Waals surface area contributed by atoms with E-state index in [-0.39, 0.29) is 12.4 Å². The highest BCUT2D eigenvalue weighted by atomic mass is 35.5. The second-order valence-electron chi connectivity index (χ2n) is 5.79. The molecular weight excluding hydrogens is 322 g/mol. The standard InChI is InChI=1S/C13H14N2.C6H11NO.ClH/c14-15(13-9-5-2-6-10-13)11-12-7-3-1-4-8-12;1-7-4-2-6(8)3-5-7;/h1-10H,11,14H2;2-5H2,1H3;1H. The number of halogens is 1. The molecule has 5 heteroatoms. The lowest BCUT2D eigenvalue weighted by Crippen LogP contribution is -2.29. The molecule has 2 aromatic carbocycles. The highest BCUT2D eigenvalue weighted by Gasteiger charge is 2.11. The largest absolute Gasteiger partial charge is 0.307 e. The molecule has 0 atom stereocenters. The number of Topliss-reactive ketones (excluding diaryl/α,β-unsaturated/α-hetero) is 1. The highest BCUT2D eigenvalue weighted by molar-refractivity contribution is 5.85. The Morgan fingerprint density at radius 2 is 1.46 bits per heavy atom. The maximum Gasteiger partial charge on any atom is 0.135 e. The second kappa shape index (κ2) is 10.8. The zero-order valence-electron chi connectivity index (χ0n) is 14.1. The van der Waals surface area contributed by atoms with Crippen LogP contribution in [-0.2, 0) is 11.3 Å². The molecule has 1 heterocycles.